The van der Waals surface area contributed by atoms with E-state index < -0.39 is 0 Å². The van der Waals surface area contributed by atoms with E-state index in [1.54, 1.807) is 4.90 Å². The Labute approximate surface area is 164 Å². The number of hydrogen-bond acceptors (Lipinski definition) is 4. The first-order valence-corrected chi connectivity index (χ1v) is 9.10. The quantitative estimate of drug-likeness (QED) is 0.820. The van der Waals surface area contributed by atoms with Crippen LogP contribution in [0.4, 0.5) is 0 Å². The van der Waals surface area contributed by atoms with Gasteiger partial charge in [-0.1, -0.05) is 19.9 Å². The summed E-state index contributed by atoms with van der Waals surface area (Å²) < 4.78 is 5.80. The fourth-order valence-electron chi connectivity index (χ4n) is 3.37. The number of hydrogen-bond donors (Lipinski definition) is 1. The molecule has 1 saturated heterocycles. The van der Waals surface area contributed by atoms with Gasteiger partial charge in [-0.3, -0.25) is 9.69 Å². The lowest BCUT2D eigenvalue weighted by Crippen LogP contribution is -2.54. The zero-order chi connectivity index (χ0) is 18.6. The molecule has 0 aromatic heterocycles. The summed E-state index contributed by atoms with van der Waals surface area (Å²) in [5, 5.41) is 0. The predicted molar refractivity (Wildman–Crippen MR) is 109 cm³/mol. The molecule has 1 atom stereocenters. The highest BCUT2D eigenvalue weighted by molar-refractivity contribution is 5.85. The van der Waals surface area contributed by atoms with Crippen molar-refractivity contribution in [2.75, 3.05) is 39.8 Å². The van der Waals surface area contributed by atoms with E-state index in [1.807, 2.05) is 19.2 Å². The van der Waals surface area contributed by atoms with E-state index in [4.69, 9.17) is 10.5 Å². The van der Waals surface area contributed by atoms with Crippen molar-refractivity contribution in [2.45, 2.75) is 40.2 Å². The summed E-state index contributed by atoms with van der Waals surface area (Å²) in [5.74, 6) is 1.00. The average Bonchev–Trinajstić information content (AvgIpc) is 2.49. The van der Waals surface area contributed by atoms with Crippen molar-refractivity contribution in [3.05, 3.63) is 29.3 Å². The largest absolute Gasteiger partial charge is 0.492 e. The molecule has 1 unspecified atom stereocenters. The maximum atomic E-state index is 12.5. The maximum Gasteiger partial charge on any atom is 0.236 e. The SMILES string of the molecule is Cc1cc(C)cc(OCCN(C)C(=O)CN2CCC(N)C(C)(C)C2)c1.Cl. The monoisotopic (exact) mass is 383 g/mol. The molecule has 1 amide bonds. The van der Waals surface area contributed by atoms with E-state index in [-0.39, 0.29) is 29.8 Å². The standard InChI is InChI=1S/C20H33N3O2.ClH/c1-15-10-16(2)12-17(11-15)25-9-8-22(5)19(24)13-23-7-6-18(21)20(3,4)14-23;/h10-12,18H,6-9,13-14,21H2,1-5H3;1H. The van der Waals surface area contributed by atoms with Crippen LogP contribution >= 0.6 is 12.4 Å². The van der Waals surface area contributed by atoms with Crippen molar-refractivity contribution < 1.29 is 9.53 Å². The van der Waals surface area contributed by atoms with Crippen LogP contribution < -0.4 is 10.5 Å². The van der Waals surface area contributed by atoms with Crippen LogP contribution in [0.2, 0.25) is 0 Å². The number of ether oxygens (including phenoxy) is 1. The van der Waals surface area contributed by atoms with Gasteiger partial charge in [-0.05, 0) is 48.9 Å². The highest BCUT2D eigenvalue weighted by Gasteiger charge is 2.34. The molecule has 5 nitrogen and oxygen atoms in total. The number of halogens is 1. The van der Waals surface area contributed by atoms with Crippen molar-refractivity contribution in [1.82, 2.24) is 9.80 Å². The fourth-order valence-corrected chi connectivity index (χ4v) is 3.37. The van der Waals surface area contributed by atoms with Crippen LogP contribution in [-0.2, 0) is 4.79 Å². The molecule has 0 aliphatic carbocycles. The number of piperidine rings is 1. The number of aryl methyl sites for hydroxylation is 2. The highest BCUT2D eigenvalue weighted by atomic mass is 35.5. The second-order valence-electron chi connectivity index (χ2n) is 8.08. The third-order valence-electron chi connectivity index (χ3n) is 5.07. The minimum absolute atomic E-state index is 0. The first kappa shape index (κ1) is 22.7. The van der Waals surface area contributed by atoms with Crippen molar-refractivity contribution in [2.24, 2.45) is 11.1 Å². The zero-order valence-corrected chi connectivity index (χ0v) is 17.6. The number of amides is 1. The van der Waals surface area contributed by atoms with Crippen LogP contribution in [0.1, 0.15) is 31.4 Å². The Morgan fingerprint density at radius 2 is 1.92 bits per heavy atom. The molecule has 148 valence electrons. The lowest BCUT2D eigenvalue weighted by Gasteiger charge is -2.42. The molecule has 1 aromatic carbocycles. The number of nitrogens with zero attached hydrogens (tertiary/aromatic N) is 2. The summed E-state index contributed by atoms with van der Waals surface area (Å²) in [7, 11) is 1.84. The Morgan fingerprint density at radius 3 is 2.50 bits per heavy atom. The van der Waals surface area contributed by atoms with Gasteiger partial charge < -0.3 is 15.4 Å². The number of nitrogens with two attached hydrogens (primary N) is 1. The second-order valence-corrected chi connectivity index (χ2v) is 8.08. The van der Waals surface area contributed by atoms with Gasteiger partial charge in [0.2, 0.25) is 5.91 Å². The van der Waals surface area contributed by atoms with Gasteiger partial charge in [-0.15, -0.1) is 12.4 Å². The summed E-state index contributed by atoms with van der Waals surface area (Å²) in [6.07, 6.45) is 0.944. The number of rotatable bonds is 6. The number of carbonyl (C=O) groups is 1. The van der Waals surface area contributed by atoms with Gasteiger partial charge in [0, 0.05) is 26.2 Å². The molecular weight excluding hydrogens is 350 g/mol. The molecule has 26 heavy (non-hydrogen) atoms. The highest BCUT2D eigenvalue weighted by Crippen LogP contribution is 2.27. The molecule has 0 radical (unpaired) electrons. The normalized spacial score (nSPS) is 19.5. The lowest BCUT2D eigenvalue weighted by molar-refractivity contribution is -0.132. The van der Waals surface area contributed by atoms with Gasteiger partial charge in [0.1, 0.15) is 12.4 Å². The summed E-state index contributed by atoms with van der Waals surface area (Å²) in [6, 6.07) is 6.37. The second kappa shape index (κ2) is 9.58. The number of likely N-dealkylation sites (tertiary alicyclic amines) is 1. The van der Waals surface area contributed by atoms with E-state index >= 15 is 0 Å². The molecule has 1 fully saturated rings. The van der Waals surface area contributed by atoms with Crippen LogP contribution in [0.25, 0.3) is 0 Å². The van der Waals surface area contributed by atoms with Gasteiger partial charge >= 0.3 is 0 Å². The van der Waals surface area contributed by atoms with Gasteiger partial charge in [0.15, 0.2) is 0 Å². The Balaban J connectivity index is 0.00000338. The summed E-state index contributed by atoms with van der Waals surface area (Å²) in [4.78, 5) is 16.4. The van der Waals surface area contributed by atoms with Crippen molar-refractivity contribution >= 4 is 18.3 Å². The van der Waals surface area contributed by atoms with Gasteiger partial charge in [-0.25, -0.2) is 0 Å². The third kappa shape index (κ3) is 6.45. The topological polar surface area (TPSA) is 58.8 Å². The predicted octanol–water partition coefficient (Wildman–Crippen LogP) is 2.62. The van der Waals surface area contributed by atoms with E-state index in [0.29, 0.717) is 19.7 Å². The van der Waals surface area contributed by atoms with Crippen LogP contribution in [0.5, 0.6) is 5.75 Å². The lowest BCUT2D eigenvalue weighted by atomic mass is 9.80. The molecule has 0 spiro atoms. The molecule has 2 N–H and O–H groups in total. The fraction of sp³-hybridized carbons (Fsp3) is 0.650. The Bertz CT molecular complexity index is 586. The summed E-state index contributed by atoms with van der Waals surface area (Å²) in [5.41, 5.74) is 8.60. The van der Waals surface area contributed by atoms with Gasteiger partial charge in [-0.2, -0.15) is 0 Å². The van der Waals surface area contributed by atoms with Crippen molar-refractivity contribution in [3.8, 4) is 5.75 Å². The minimum atomic E-state index is 0. The minimum Gasteiger partial charge on any atom is -0.492 e. The van der Waals surface area contributed by atoms with E-state index in [9.17, 15) is 4.79 Å². The van der Waals surface area contributed by atoms with Crippen LogP contribution in [-0.4, -0.2) is 61.6 Å². The van der Waals surface area contributed by atoms with Gasteiger partial charge in [0.05, 0.1) is 13.1 Å². The molecule has 6 heteroatoms. The molecule has 1 heterocycles. The van der Waals surface area contributed by atoms with E-state index in [1.165, 1.54) is 11.1 Å². The van der Waals surface area contributed by atoms with Crippen LogP contribution in [0, 0.1) is 19.3 Å². The van der Waals surface area contributed by atoms with Crippen molar-refractivity contribution in [3.63, 3.8) is 0 Å². The Morgan fingerprint density at radius 1 is 1.31 bits per heavy atom. The Kier molecular flexibility index (Phi) is 8.38. The Hall–Kier alpha value is -1.30. The van der Waals surface area contributed by atoms with E-state index in [0.717, 1.165) is 25.3 Å². The smallest absolute Gasteiger partial charge is 0.236 e. The zero-order valence-electron chi connectivity index (χ0n) is 16.7. The maximum absolute atomic E-state index is 12.5. The molecule has 0 saturated carbocycles. The first-order chi connectivity index (χ1) is 11.7. The number of carbonyl (C=O) groups excluding carboxylic acids is 1. The summed E-state index contributed by atoms with van der Waals surface area (Å²) in [6.45, 7) is 11.8. The number of likely N-dealkylation sites (N-methyl/N-ethyl adjacent to an activating group) is 1. The molecular formula is C20H34ClN3O2. The molecule has 2 rings (SSSR count). The first-order valence-electron chi connectivity index (χ1n) is 9.10. The average molecular weight is 384 g/mol. The molecule has 1 aromatic rings. The number of benzene rings is 1. The third-order valence-corrected chi connectivity index (χ3v) is 5.07. The molecule has 1 aliphatic heterocycles. The van der Waals surface area contributed by atoms with Crippen molar-refractivity contribution in [1.29, 1.82) is 0 Å². The molecule has 0 bridgehead atoms. The van der Waals surface area contributed by atoms with Gasteiger partial charge in [0.25, 0.3) is 0 Å². The summed E-state index contributed by atoms with van der Waals surface area (Å²) >= 11 is 0. The van der Waals surface area contributed by atoms with Crippen LogP contribution in [0.3, 0.4) is 0 Å². The van der Waals surface area contributed by atoms with E-state index in [2.05, 4.69) is 38.7 Å². The van der Waals surface area contributed by atoms with Crippen LogP contribution in [0.15, 0.2) is 18.2 Å². The molecule has 1 aliphatic rings.